The molecule has 0 saturated carbocycles. The molecule has 1 aromatic carbocycles. The molecule has 0 aliphatic carbocycles. The zero-order chi connectivity index (χ0) is 21.8. The number of anilines is 1. The Bertz CT molecular complexity index is 1080. The van der Waals surface area contributed by atoms with Gasteiger partial charge in [-0.3, -0.25) is 4.79 Å². The maximum absolute atomic E-state index is 13.2. The van der Waals surface area contributed by atoms with Gasteiger partial charge in [0, 0.05) is 44.3 Å². The van der Waals surface area contributed by atoms with Gasteiger partial charge in [0.15, 0.2) is 0 Å². The van der Waals surface area contributed by atoms with E-state index in [4.69, 9.17) is 23.2 Å². The van der Waals surface area contributed by atoms with E-state index in [1.165, 1.54) is 23.9 Å². The number of carbonyl (C=O) groups excluding carboxylic acids is 1. The van der Waals surface area contributed by atoms with E-state index in [0.717, 1.165) is 5.56 Å². The molecule has 5 nitrogen and oxygen atoms in total. The molecule has 3 aromatic rings. The van der Waals surface area contributed by atoms with E-state index in [0.29, 0.717) is 58.4 Å². The molecule has 0 spiro atoms. The van der Waals surface area contributed by atoms with Gasteiger partial charge in [-0.25, -0.2) is 14.4 Å². The number of hydrogen-bond acceptors (Lipinski definition) is 5. The number of nitrogens with zero attached hydrogens (tertiary/aromatic N) is 4. The first-order valence-electron chi connectivity index (χ1n) is 9.69. The van der Waals surface area contributed by atoms with Crippen LogP contribution in [0.3, 0.4) is 0 Å². The zero-order valence-corrected chi connectivity index (χ0v) is 18.8. The van der Waals surface area contributed by atoms with E-state index < -0.39 is 0 Å². The number of pyridine rings is 2. The fourth-order valence-corrected chi connectivity index (χ4v) is 4.77. The summed E-state index contributed by atoms with van der Waals surface area (Å²) in [6, 6.07) is 11.6. The molecule has 2 aromatic heterocycles. The van der Waals surface area contributed by atoms with Crippen LogP contribution in [0.1, 0.15) is 15.9 Å². The van der Waals surface area contributed by atoms with Crippen molar-refractivity contribution in [2.45, 2.75) is 10.8 Å². The number of thioether (sulfide) groups is 1. The Morgan fingerprint density at radius 2 is 1.81 bits per heavy atom. The first-order chi connectivity index (χ1) is 15.0. The highest BCUT2D eigenvalue weighted by Gasteiger charge is 2.26. The molecule has 4 rings (SSSR count). The van der Waals surface area contributed by atoms with Crippen molar-refractivity contribution >= 4 is 46.7 Å². The summed E-state index contributed by atoms with van der Waals surface area (Å²) in [7, 11) is 0. The molecule has 0 atom stereocenters. The first kappa shape index (κ1) is 21.9. The maximum Gasteiger partial charge on any atom is 0.256 e. The lowest BCUT2D eigenvalue weighted by Gasteiger charge is -2.36. The summed E-state index contributed by atoms with van der Waals surface area (Å²) >= 11 is 13.7. The van der Waals surface area contributed by atoms with Crippen molar-refractivity contribution in [3.05, 3.63) is 81.8 Å². The second-order valence-corrected chi connectivity index (χ2v) is 8.82. The quantitative estimate of drug-likeness (QED) is 0.475. The third-order valence-corrected chi connectivity index (χ3v) is 6.51. The third kappa shape index (κ3) is 5.29. The SMILES string of the molecule is O=C(c1cccnc1SCc1ccc(F)cc1)N1CCN(c2ncc(Cl)cc2Cl)CC1. The van der Waals surface area contributed by atoms with Crippen LogP contribution >= 0.6 is 35.0 Å². The zero-order valence-electron chi connectivity index (χ0n) is 16.5. The highest BCUT2D eigenvalue weighted by atomic mass is 35.5. The average molecular weight is 477 g/mol. The lowest BCUT2D eigenvalue weighted by atomic mass is 10.2. The molecule has 1 amide bonds. The van der Waals surface area contributed by atoms with Crippen LogP contribution in [0, 0.1) is 5.82 Å². The predicted octanol–water partition coefficient (Wildman–Crippen LogP) is 5.18. The molecule has 0 bridgehead atoms. The van der Waals surface area contributed by atoms with Crippen molar-refractivity contribution in [1.82, 2.24) is 14.9 Å². The molecule has 0 N–H and O–H groups in total. The molecule has 3 heterocycles. The number of benzene rings is 1. The van der Waals surface area contributed by atoms with Crippen LogP contribution < -0.4 is 4.90 Å². The van der Waals surface area contributed by atoms with Gasteiger partial charge in [0.05, 0.1) is 15.6 Å². The normalized spacial score (nSPS) is 14.0. The van der Waals surface area contributed by atoms with Gasteiger partial charge in [-0.1, -0.05) is 35.3 Å². The fourth-order valence-electron chi connectivity index (χ4n) is 3.33. The number of aromatic nitrogens is 2. The van der Waals surface area contributed by atoms with E-state index in [9.17, 15) is 9.18 Å². The van der Waals surface area contributed by atoms with Crippen molar-refractivity contribution in [3.63, 3.8) is 0 Å². The summed E-state index contributed by atoms with van der Waals surface area (Å²) in [6.07, 6.45) is 3.25. The van der Waals surface area contributed by atoms with E-state index in [1.54, 1.807) is 42.7 Å². The third-order valence-electron chi connectivity index (χ3n) is 4.95. The van der Waals surface area contributed by atoms with Crippen LogP contribution in [0.15, 0.2) is 59.9 Å². The standard InChI is InChI=1S/C22H19Cl2FN4OS/c23-16-12-19(24)20(27-13-16)28-8-10-29(11-9-28)22(30)18-2-1-7-26-21(18)31-14-15-3-5-17(25)6-4-15/h1-7,12-13H,8-11,14H2. The molecule has 1 aliphatic rings. The number of carbonyl (C=O) groups is 1. The lowest BCUT2D eigenvalue weighted by Crippen LogP contribution is -2.49. The van der Waals surface area contributed by atoms with Crippen molar-refractivity contribution in [2.75, 3.05) is 31.1 Å². The van der Waals surface area contributed by atoms with Crippen molar-refractivity contribution < 1.29 is 9.18 Å². The maximum atomic E-state index is 13.2. The minimum atomic E-state index is -0.267. The summed E-state index contributed by atoms with van der Waals surface area (Å²) in [5, 5.41) is 1.66. The molecular weight excluding hydrogens is 458 g/mol. The Morgan fingerprint density at radius 3 is 2.52 bits per heavy atom. The minimum absolute atomic E-state index is 0.0514. The molecule has 160 valence electrons. The van der Waals surface area contributed by atoms with Crippen LogP contribution in [0.4, 0.5) is 10.2 Å². The van der Waals surface area contributed by atoms with Gasteiger partial charge in [-0.15, -0.1) is 11.8 Å². The largest absolute Gasteiger partial charge is 0.352 e. The van der Waals surface area contributed by atoms with Gasteiger partial charge in [0.1, 0.15) is 16.7 Å². The number of halogens is 3. The van der Waals surface area contributed by atoms with Crippen LogP contribution in [0.25, 0.3) is 0 Å². The number of rotatable bonds is 5. The van der Waals surface area contributed by atoms with Crippen molar-refractivity contribution in [3.8, 4) is 0 Å². The predicted molar refractivity (Wildman–Crippen MR) is 123 cm³/mol. The van der Waals surface area contributed by atoms with E-state index in [2.05, 4.69) is 14.9 Å². The molecule has 0 unspecified atom stereocenters. The van der Waals surface area contributed by atoms with Gasteiger partial charge in [-0.2, -0.15) is 0 Å². The van der Waals surface area contributed by atoms with Gasteiger partial charge < -0.3 is 9.80 Å². The Labute approximate surface area is 194 Å². The summed E-state index contributed by atoms with van der Waals surface area (Å²) in [6.45, 7) is 2.35. The minimum Gasteiger partial charge on any atom is -0.352 e. The van der Waals surface area contributed by atoms with Gasteiger partial charge in [0.25, 0.3) is 5.91 Å². The fraction of sp³-hybridized carbons (Fsp3) is 0.227. The number of piperazine rings is 1. The van der Waals surface area contributed by atoms with E-state index in [1.807, 2.05) is 4.90 Å². The molecule has 31 heavy (non-hydrogen) atoms. The van der Waals surface area contributed by atoms with Crippen molar-refractivity contribution in [1.29, 1.82) is 0 Å². The Morgan fingerprint density at radius 1 is 1.06 bits per heavy atom. The van der Waals surface area contributed by atoms with Crippen LogP contribution in [-0.4, -0.2) is 47.0 Å². The molecule has 0 radical (unpaired) electrons. The first-order valence-corrected chi connectivity index (χ1v) is 11.4. The van der Waals surface area contributed by atoms with Gasteiger partial charge >= 0.3 is 0 Å². The Balaban J connectivity index is 1.41. The topological polar surface area (TPSA) is 49.3 Å². The monoisotopic (exact) mass is 476 g/mol. The molecular formula is C22H19Cl2FN4OS. The van der Waals surface area contributed by atoms with Crippen LogP contribution in [0.5, 0.6) is 0 Å². The highest BCUT2D eigenvalue weighted by Crippen LogP contribution is 2.28. The van der Waals surface area contributed by atoms with E-state index >= 15 is 0 Å². The number of amides is 1. The van der Waals surface area contributed by atoms with Gasteiger partial charge in [0.2, 0.25) is 0 Å². The molecule has 9 heteroatoms. The summed E-state index contributed by atoms with van der Waals surface area (Å²) in [4.78, 5) is 25.8. The molecule has 1 fully saturated rings. The lowest BCUT2D eigenvalue weighted by molar-refractivity contribution is 0.0742. The molecule has 1 saturated heterocycles. The van der Waals surface area contributed by atoms with Crippen LogP contribution in [-0.2, 0) is 5.75 Å². The van der Waals surface area contributed by atoms with Gasteiger partial charge in [-0.05, 0) is 35.9 Å². The summed E-state index contributed by atoms with van der Waals surface area (Å²) in [5.74, 6) is 0.961. The smallest absolute Gasteiger partial charge is 0.256 e. The van der Waals surface area contributed by atoms with E-state index in [-0.39, 0.29) is 11.7 Å². The average Bonchev–Trinajstić information content (AvgIpc) is 2.79. The Hall–Kier alpha value is -2.35. The highest BCUT2D eigenvalue weighted by molar-refractivity contribution is 7.98. The second-order valence-electron chi connectivity index (χ2n) is 7.01. The van der Waals surface area contributed by atoms with Crippen LogP contribution in [0.2, 0.25) is 10.0 Å². The summed E-state index contributed by atoms with van der Waals surface area (Å²) < 4.78 is 13.1. The number of hydrogen-bond donors (Lipinski definition) is 0. The molecule has 1 aliphatic heterocycles. The van der Waals surface area contributed by atoms with Crippen molar-refractivity contribution in [2.24, 2.45) is 0 Å². The Kier molecular flexibility index (Phi) is 6.95. The summed E-state index contributed by atoms with van der Waals surface area (Å²) in [5.41, 5.74) is 1.54. The second kappa shape index (κ2) is 9.85.